The van der Waals surface area contributed by atoms with Crippen LogP contribution in [0.2, 0.25) is 0 Å². The highest BCUT2D eigenvalue weighted by Gasteiger charge is 2.11. The predicted molar refractivity (Wildman–Crippen MR) is 78.0 cm³/mol. The van der Waals surface area contributed by atoms with Gasteiger partial charge in [0.05, 0.1) is 24.7 Å². The summed E-state index contributed by atoms with van der Waals surface area (Å²) in [6.45, 7) is 4.17. The molecule has 0 fully saturated rings. The summed E-state index contributed by atoms with van der Waals surface area (Å²) in [5.74, 6) is 1.19. The molecule has 20 heavy (non-hydrogen) atoms. The van der Waals surface area contributed by atoms with E-state index in [0.717, 1.165) is 5.56 Å². The van der Waals surface area contributed by atoms with Crippen molar-refractivity contribution in [1.82, 2.24) is 0 Å². The molecule has 0 aliphatic rings. The van der Waals surface area contributed by atoms with E-state index in [4.69, 9.17) is 14.6 Å². The second kappa shape index (κ2) is 8.11. The fourth-order valence-corrected chi connectivity index (χ4v) is 2.89. The highest BCUT2D eigenvalue weighted by Crippen LogP contribution is 2.28. The molecule has 0 aromatic heterocycles. The van der Waals surface area contributed by atoms with E-state index in [1.807, 2.05) is 13.8 Å². The molecule has 0 saturated heterocycles. The molecule has 0 bridgehead atoms. The zero-order valence-electron chi connectivity index (χ0n) is 12.0. The second-order valence-electron chi connectivity index (χ2n) is 4.37. The van der Waals surface area contributed by atoms with E-state index in [-0.39, 0.29) is 24.7 Å². The van der Waals surface area contributed by atoms with Gasteiger partial charge in [-0.25, -0.2) is 8.42 Å². The van der Waals surface area contributed by atoms with E-state index < -0.39 is 9.84 Å². The molecular formula is C14H22O5S. The highest BCUT2D eigenvalue weighted by molar-refractivity contribution is 7.91. The van der Waals surface area contributed by atoms with E-state index in [2.05, 4.69) is 0 Å². The normalized spacial score (nSPS) is 11.3. The standard InChI is InChI=1S/C14H22O5S/c1-3-8-20(16,17)9-7-19-13-6-5-12(11-15)10-14(13)18-4-2/h5-6,10,15H,3-4,7-9,11H2,1-2H3. The summed E-state index contributed by atoms with van der Waals surface area (Å²) < 4.78 is 34.1. The average molecular weight is 302 g/mol. The minimum absolute atomic E-state index is 0.00580. The smallest absolute Gasteiger partial charge is 0.161 e. The van der Waals surface area contributed by atoms with Crippen molar-refractivity contribution in [3.8, 4) is 11.5 Å². The van der Waals surface area contributed by atoms with E-state index in [1.165, 1.54) is 0 Å². The van der Waals surface area contributed by atoms with E-state index in [0.29, 0.717) is 24.5 Å². The van der Waals surface area contributed by atoms with Crippen LogP contribution in [0.4, 0.5) is 0 Å². The topological polar surface area (TPSA) is 72.8 Å². The maximum atomic E-state index is 11.6. The van der Waals surface area contributed by atoms with Gasteiger partial charge in [0, 0.05) is 0 Å². The molecule has 6 heteroatoms. The van der Waals surface area contributed by atoms with Crippen LogP contribution < -0.4 is 9.47 Å². The number of aliphatic hydroxyl groups is 1. The minimum atomic E-state index is -3.05. The Kier molecular flexibility index (Phi) is 6.81. The first kappa shape index (κ1) is 16.8. The summed E-state index contributed by atoms with van der Waals surface area (Å²) in [7, 11) is -3.05. The van der Waals surface area contributed by atoms with Crippen LogP contribution in [0.1, 0.15) is 25.8 Å². The maximum absolute atomic E-state index is 11.6. The molecule has 0 aliphatic heterocycles. The van der Waals surface area contributed by atoms with Crippen LogP contribution >= 0.6 is 0 Å². The second-order valence-corrected chi connectivity index (χ2v) is 6.68. The van der Waals surface area contributed by atoms with Gasteiger partial charge in [0.2, 0.25) is 0 Å². The van der Waals surface area contributed by atoms with E-state index in [9.17, 15) is 8.42 Å². The molecule has 1 aromatic carbocycles. The lowest BCUT2D eigenvalue weighted by Crippen LogP contribution is -2.17. The van der Waals surface area contributed by atoms with Crippen molar-refractivity contribution < 1.29 is 23.0 Å². The highest BCUT2D eigenvalue weighted by atomic mass is 32.2. The molecule has 0 unspecified atom stereocenters. The Hall–Kier alpha value is -1.27. The van der Waals surface area contributed by atoms with Gasteiger partial charge in [-0.3, -0.25) is 0 Å². The van der Waals surface area contributed by atoms with Crippen molar-refractivity contribution in [3.05, 3.63) is 23.8 Å². The first-order valence-electron chi connectivity index (χ1n) is 6.72. The molecular weight excluding hydrogens is 280 g/mol. The Labute approximate surface area is 120 Å². The van der Waals surface area contributed by atoms with Crippen LogP contribution in [0.25, 0.3) is 0 Å². The number of hydrogen-bond donors (Lipinski definition) is 1. The minimum Gasteiger partial charge on any atom is -0.490 e. The summed E-state index contributed by atoms with van der Waals surface area (Å²) in [4.78, 5) is 0. The lowest BCUT2D eigenvalue weighted by atomic mass is 10.2. The van der Waals surface area contributed by atoms with Gasteiger partial charge in [-0.15, -0.1) is 0 Å². The summed E-state index contributed by atoms with van der Waals surface area (Å²) in [5, 5.41) is 9.09. The fraction of sp³-hybridized carbons (Fsp3) is 0.571. The van der Waals surface area contributed by atoms with Crippen molar-refractivity contribution >= 4 is 9.84 Å². The van der Waals surface area contributed by atoms with Crippen LogP contribution in [-0.2, 0) is 16.4 Å². The Morgan fingerprint density at radius 2 is 1.85 bits per heavy atom. The summed E-state index contributed by atoms with van der Waals surface area (Å²) in [6, 6.07) is 5.10. The third-order valence-electron chi connectivity index (χ3n) is 2.66. The molecule has 0 heterocycles. The van der Waals surface area contributed by atoms with Crippen molar-refractivity contribution in [1.29, 1.82) is 0 Å². The Morgan fingerprint density at radius 1 is 1.10 bits per heavy atom. The Balaban J connectivity index is 2.67. The predicted octanol–water partition coefficient (Wildman–Crippen LogP) is 1.78. The molecule has 0 saturated carbocycles. The van der Waals surface area contributed by atoms with Crippen molar-refractivity contribution in [2.75, 3.05) is 24.7 Å². The van der Waals surface area contributed by atoms with E-state index >= 15 is 0 Å². The van der Waals surface area contributed by atoms with Gasteiger partial charge in [-0.2, -0.15) is 0 Å². The molecule has 5 nitrogen and oxygen atoms in total. The third-order valence-corrected chi connectivity index (χ3v) is 4.48. The fourth-order valence-electron chi connectivity index (χ4n) is 1.73. The number of sulfone groups is 1. The summed E-state index contributed by atoms with van der Waals surface area (Å²) in [5.41, 5.74) is 0.722. The Morgan fingerprint density at radius 3 is 2.45 bits per heavy atom. The lowest BCUT2D eigenvalue weighted by Gasteiger charge is -2.13. The first-order valence-corrected chi connectivity index (χ1v) is 8.54. The SMILES string of the molecule is CCCS(=O)(=O)CCOc1ccc(CO)cc1OCC. The molecule has 0 aliphatic carbocycles. The van der Waals surface area contributed by atoms with Gasteiger partial charge < -0.3 is 14.6 Å². The molecule has 1 rings (SSSR count). The molecule has 0 amide bonds. The van der Waals surface area contributed by atoms with Gasteiger partial charge in [-0.05, 0) is 31.0 Å². The Bertz CT molecular complexity index is 510. The zero-order chi connectivity index (χ0) is 15.0. The summed E-state index contributed by atoms with van der Waals surface area (Å²) in [6.07, 6.45) is 0.609. The van der Waals surface area contributed by atoms with Crippen molar-refractivity contribution in [2.45, 2.75) is 26.9 Å². The number of aliphatic hydroxyl groups excluding tert-OH is 1. The number of hydrogen-bond acceptors (Lipinski definition) is 5. The first-order chi connectivity index (χ1) is 9.52. The van der Waals surface area contributed by atoms with Gasteiger partial charge >= 0.3 is 0 Å². The largest absolute Gasteiger partial charge is 0.490 e. The molecule has 0 spiro atoms. The van der Waals surface area contributed by atoms with Crippen LogP contribution in [0.5, 0.6) is 11.5 Å². The van der Waals surface area contributed by atoms with Gasteiger partial charge in [0.15, 0.2) is 21.3 Å². The quantitative estimate of drug-likeness (QED) is 0.753. The van der Waals surface area contributed by atoms with Gasteiger partial charge in [0.25, 0.3) is 0 Å². The van der Waals surface area contributed by atoms with Gasteiger partial charge in [-0.1, -0.05) is 13.0 Å². The zero-order valence-corrected chi connectivity index (χ0v) is 12.8. The summed E-state index contributed by atoms with van der Waals surface area (Å²) >= 11 is 0. The maximum Gasteiger partial charge on any atom is 0.161 e. The number of benzene rings is 1. The molecule has 114 valence electrons. The molecule has 1 aromatic rings. The molecule has 0 radical (unpaired) electrons. The van der Waals surface area contributed by atoms with Crippen molar-refractivity contribution in [3.63, 3.8) is 0 Å². The monoisotopic (exact) mass is 302 g/mol. The number of rotatable bonds is 9. The van der Waals surface area contributed by atoms with Gasteiger partial charge in [0.1, 0.15) is 6.61 Å². The van der Waals surface area contributed by atoms with Crippen LogP contribution in [0, 0.1) is 0 Å². The lowest BCUT2D eigenvalue weighted by molar-refractivity contribution is 0.274. The molecule has 1 N–H and O–H groups in total. The third kappa shape index (κ3) is 5.38. The van der Waals surface area contributed by atoms with Crippen molar-refractivity contribution in [2.24, 2.45) is 0 Å². The average Bonchev–Trinajstić information content (AvgIpc) is 2.40. The molecule has 0 atom stereocenters. The van der Waals surface area contributed by atoms with Crippen LogP contribution in [-0.4, -0.2) is 38.2 Å². The van der Waals surface area contributed by atoms with Crippen LogP contribution in [0.3, 0.4) is 0 Å². The van der Waals surface area contributed by atoms with Crippen LogP contribution in [0.15, 0.2) is 18.2 Å². The number of ether oxygens (including phenoxy) is 2. The van der Waals surface area contributed by atoms with E-state index in [1.54, 1.807) is 18.2 Å².